The average molecular weight is 387 g/mol. The Hall–Kier alpha value is -2.55. The van der Waals surface area contributed by atoms with Gasteiger partial charge in [-0.3, -0.25) is 4.79 Å². The van der Waals surface area contributed by atoms with Crippen molar-refractivity contribution in [2.24, 2.45) is 23.5 Å². The van der Waals surface area contributed by atoms with E-state index in [1.807, 2.05) is 32.2 Å². The molecule has 28 heavy (non-hydrogen) atoms. The van der Waals surface area contributed by atoms with E-state index >= 15 is 0 Å². The highest BCUT2D eigenvalue weighted by Crippen LogP contribution is 2.31. The smallest absolute Gasteiger partial charge is 0.307 e. The minimum atomic E-state index is -0.835. The van der Waals surface area contributed by atoms with Crippen molar-refractivity contribution in [3.8, 4) is 0 Å². The van der Waals surface area contributed by atoms with Crippen molar-refractivity contribution < 1.29 is 9.90 Å². The van der Waals surface area contributed by atoms with Crippen molar-refractivity contribution in [1.29, 1.82) is 0 Å². The molecule has 3 heterocycles. The molecule has 1 saturated heterocycles. The summed E-state index contributed by atoms with van der Waals surface area (Å²) >= 11 is 0. The second-order valence-electron chi connectivity index (χ2n) is 8.02. The van der Waals surface area contributed by atoms with E-state index in [1.54, 1.807) is 0 Å². The number of anilines is 1. The first-order valence-electron chi connectivity index (χ1n) is 9.84. The maximum atomic E-state index is 11.9. The predicted molar refractivity (Wildman–Crippen MR) is 105 cm³/mol. The van der Waals surface area contributed by atoms with Crippen molar-refractivity contribution in [1.82, 2.24) is 25.6 Å². The summed E-state index contributed by atoms with van der Waals surface area (Å²) in [6.45, 7) is 6.64. The molecule has 3 rings (SSSR count). The molecule has 0 spiro atoms. The molecule has 2 aromatic rings. The van der Waals surface area contributed by atoms with E-state index in [4.69, 9.17) is 5.73 Å². The third-order valence-electron chi connectivity index (χ3n) is 5.43. The number of tetrazole rings is 1. The van der Waals surface area contributed by atoms with Gasteiger partial charge in [0.15, 0.2) is 5.82 Å². The quantitative estimate of drug-likeness (QED) is 0.589. The normalized spacial score (nSPS) is 19.1. The highest BCUT2D eigenvalue weighted by Gasteiger charge is 2.33. The van der Waals surface area contributed by atoms with E-state index in [-0.39, 0.29) is 11.8 Å². The van der Waals surface area contributed by atoms with Crippen LogP contribution in [-0.2, 0) is 11.2 Å². The van der Waals surface area contributed by atoms with Gasteiger partial charge in [-0.15, -0.1) is 10.2 Å². The van der Waals surface area contributed by atoms with Crippen LogP contribution in [0.3, 0.4) is 0 Å². The Bertz CT molecular complexity index is 748. The van der Waals surface area contributed by atoms with Crippen LogP contribution in [0.4, 0.5) is 5.82 Å². The molecule has 0 amide bonds. The largest absolute Gasteiger partial charge is 0.481 e. The SMILES string of the molecule is CC(C)CC(C(=O)O)C(Cc1ccc(N2CCC(CN)C2)nc1)c1nn[nH]n1. The van der Waals surface area contributed by atoms with Gasteiger partial charge in [0.25, 0.3) is 0 Å². The molecule has 0 bridgehead atoms. The number of rotatable bonds is 9. The first-order valence-corrected chi connectivity index (χ1v) is 9.84. The highest BCUT2D eigenvalue weighted by atomic mass is 16.4. The van der Waals surface area contributed by atoms with Crippen LogP contribution in [0.1, 0.15) is 44.0 Å². The zero-order chi connectivity index (χ0) is 20.1. The summed E-state index contributed by atoms with van der Waals surface area (Å²) < 4.78 is 0. The van der Waals surface area contributed by atoms with Gasteiger partial charge in [-0.25, -0.2) is 4.98 Å². The standard InChI is InChI=1S/C19H29N7O2/c1-12(2)7-16(19(27)28)15(18-22-24-25-23-18)8-13-3-4-17(21-10-13)26-6-5-14(9-20)11-26/h3-4,10,12,14-16H,5-9,11,20H2,1-2H3,(H,27,28)(H,22,23,24,25). The van der Waals surface area contributed by atoms with E-state index < -0.39 is 11.9 Å². The maximum absolute atomic E-state index is 11.9. The molecule has 1 fully saturated rings. The molecule has 0 aromatic carbocycles. The monoisotopic (exact) mass is 387 g/mol. The Morgan fingerprint density at radius 1 is 1.43 bits per heavy atom. The topological polar surface area (TPSA) is 134 Å². The first-order chi connectivity index (χ1) is 13.5. The third kappa shape index (κ3) is 4.83. The molecule has 0 aliphatic carbocycles. The molecule has 9 nitrogen and oxygen atoms in total. The number of carboxylic acid groups (broad SMARTS) is 1. The van der Waals surface area contributed by atoms with Gasteiger partial charge in [0, 0.05) is 25.2 Å². The number of pyridine rings is 1. The fourth-order valence-corrected chi connectivity index (χ4v) is 3.90. The number of aromatic nitrogens is 5. The van der Waals surface area contributed by atoms with Crippen LogP contribution in [-0.4, -0.2) is 56.3 Å². The maximum Gasteiger partial charge on any atom is 0.307 e. The highest BCUT2D eigenvalue weighted by molar-refractivity contribution is 5.71. The van der Waals surface area contributed by atoms with Gasteiger partial charge >= 0.3 is 5.97 Å². The summed E-state index contributed by atoms with van der Waals surface area (Å²) in [5.74, 6) is 0.368. The van der Waals surface area contributed by atoms with Crippen LogP contribution in [0.15, 0.2) is 18.3 Å². The number of carboxylic acids is 1. The molecule has 0 saturated carbocycles. The Balaban J connectivity index is 1.76. The van der Waals surface area contributed by atoms with Crippen molar-refractivity contribution in [3.63, 3.8) is 0 Å². The van der Waals surface area contributed by atoms with Gasteiger partial charge in [-0.2, -0.15) is 5.21 Å². The summed E-state index contributed by atoms with van der Waals surface area (Å²) in [6, 6.07) is 4.01. The number of nitrogens with two attached hydrogens (primary N) is 1. The van der Waals surface area contributed by atoms with Gasteiger partial charge in [-0.1, -0.05) is 25.1 Å². The van der Waals surface area contributed by atoms with Crippen LogP contribution in [0, 0.1) is 17.8 Å². The number of carbonyl (C=O) groups is 1. The van der Waals surface area contributed by atoms with Crippen LogP contribution < -0.4 is 10.6 Å². The van der Waals surface area contributed by atoms with Crippen molar-refractivity contribution >= 4 is 11.8 Å². The number of hydrogen-bond donors (Lipinski definition) is 3. The lowest BCUT2D eigenvalue weighted by molar-refractivity contribution is -0.143. The van der Waals surface area contributed by atoms with Gasteiger partial charge in [-0.05, 0) is 49.3 Å². The van der Waals surface area contributed by atoms with E-state index in [9.17, 15) is 9.90 Å². The molecule has 0 radical (unpaired) electrons. The number of nitrogens with zero attached hydrogens (tertiary/aromatic N) is 5. The third-order valence-corrected chi connectivity index (χ3v) is 5.43. The summed E-state index contributed by atoms with van der Waals surface area (Å²) in [5.41, 5.74) is 6.73. The molecule has 9 heteroatoms. The number of hydrogen-bond acceptors (Lipinski definition) is 7. The lowest BCUT2D eigenvalue weighted by atomic mass is 9.81. The van der Waals surface area contributed by atoms with Gasteiger partial charge in [0.05, 0.1) is 5.92 Å². The Morgan fingerprint density at radius 3 is 2.79 bits per heavy atom. The summed E-state index contributed by atoms with van der Waals surface area (Å²) in [6.07, 6.45) is 3.97. The molecular weight excluding hydrogens is 358 g/mol. The number of aromatic amines is 1. The molecule has 2 aromatic heterocycles. The fraction of sp³-hybridized carbons (Fsp3) is 0.632. The Morgan fingerprint density at radius 2 is 2.25 bits per heavy atom. The minimum absolute atomic E-state index is 0.252. The Labute approximate surface area is 164 Å². The number of aliphatic carboxylic acids is 1. The van der Waals surface area contributed by atoms with E-state index in [0.29, 0.717) is 31.1 Å². The van der Waals surface area contributed by atoms with Crippen LogP contribution in [0.2, 0.25) is 0 Å². The van der Waals surface area contributed by atoms with Crippen LogP contribution in [0.25, 0.3) is 0 Å². The van der Waals surface area contributed by atoms with Gasteiger partial charge in [0.2, 0.25) is 0 Å². The molecule has 4 N–H and O–H groups in total. The molecule has 1 aliphatic heterocycles. The molecule has 3 atom stereocenters. The fourth-order valence-electron chi connectivity index (χ4n) is 3.90. The van der Waals surface area contributed by atoms with E-state index in [1.165, 1.54) is 0 Å². The Kier molecular flexibility index (Phi) is 6.56. The lowest BCUT2D eigenvalue weighted by Crippen LogP contribution is -2.26. The zero-order valence-electron chi connectivity index (χ0n) is 16.5. The minimum Gasteiger partial charge on any atom is -0.481 e. The van der Waals surface area contributed by atoms with Crippen molar-refractivity contribution in [2.45, 2.75) is 39.0 Å². The zero-order valence-corrected chi connectivity index (χ0v) is 16.5. The van der Waals surface area contributed by atoms with E-state index in [2.05, 4.69) is 30.5 Å². The lowest BCUT2D eigenvalue weighted by Gasteiger charge is -2.23. The first kappa shape index (κ1) is 20.2. The average Bonchev–Trinajstić information content (AvgIpc) is 3.36. The van der Waals surface area contributed by atoms with Crippen molar-refractivity contribution in [2.75, 3.05) is 24.5 Å². The molecule has 1 aliphatic rings. The summed E-state index contributed by atoms with van der Waals surface area (Å²) in [5, 5.41) is 24.0. The second-order valence-corrected chi connectivity index (χ2v) is 8.02. The summed E-state index contributed by atoms with van der Waals surface area (Å²) in [7, 11) is 0. The summed E-state index contributed by atoms with van der Waals surface area (Å²) in [4.78, 5) is 18.8. The molecule has 3 unspecified atom stereocenters. The van der Waals surface area contributed by atoms with Gasteiger partial charge < -0.3 is 15.7 Å². The van der Waals surface area contributed by atoms with E-state index in [0.717, 1.165) is 30.9 Å². The van der Waals surface area contributed by atoms with Crippen LogP contribution >= 0.6 is 0 Å². The number of H-pyrrole nitrogens is 1. The number of nitrogens with one attached hydrogen (secondary N) is 1. The molecule has 152 valence electrons. The van der Waals surface area contributed by atoms with Crippen molar-refractivity contribution in [3.05, 3.63) is 29.7 Å². The van der Waals surface area contributed by atoms with Gasteiger partial charge in [0.1, 0.15) is 5.82 Å². The van der Waals surface area contributed by atoms with Crippen LogP contribution in [0.5, 0.6) is 0 Å². The second kappa shape index (κ2) is 9.09. The molecular formula is C19H29N7O2. The predicted octanol–water partition coefficient (Wildman–Crippen LogP) is 1.45.